The van der Waals surface area contributed by atoms with E-state index in [0.717, 1.165) is 0 Å². The maximum atomic E-state index is 11.1. The van der Waals surface area contributed by atoms with E-state index in [1.165, 1.54) is 44.1 Å². The summed E-state index contributed by atoms with van der Waals surface area (Å²) in [6.45, 7) is 2.90. The number of nitrogens with zero attached hydrogens (tertiary/aromatic N) is 3. The highest BCUT2D eigenvalue weighted by molar-refractivity contribution is 5.83. The van der Waals surface area contributed by atoms with Gasteiger partial charge in [-0.1, -0.05) is 0 Å². The van der Waals surface area contributed by atoms with Crippen LogP contribution in [-0.4, -0.2) is 33.6 Å². The number of hydrogen-bond acceptors (Lipinski definition) is 5. The fraction of sp³-hybridized carbons (Fsp3) is 0.400. The third kappa shape index (κ3) is 2.32. The number of likely N-dealkylation sites (N-methyl/N-ethyl adjacent to an activating group) is 1. The molecule has 0 radical (unpaired) electrons. The molecule has 0 atom stereocenters. The molecule has 0 aromatic carbocycles. The maximum Gasteiger partial charge on any atom is 0.328 e. The molecule has 0 fully saturated rings. The zero-order chi connectivity index (χ0) is 13.2. The van der Waals surface area contributed by atoms with Crippen LogP contribution < -0.4 is 4.90 Å². The number of carboxylic acids is 1. The third-order valence-electron chi connectivity index (χ3n) is 2.64. The van der Waals surface area contributed by atoms with Crippen LogP contribution in [0, 0.1) is 10.1 Å². The Hall–Kier alpha value is -2.18. The summed E-state index contributed by atoms with van der Waals surface area (Å²) in [5.74, 6) is -1.05. The van der Waals surface area contributed by atoms with Gasteiger partial charge in [0.1, 0.15) is 5.54 Å². The number of carbonyl (C=O) groups is 1. The lowest BCUT2D eigenvalue weighted by atomic mass is 10.0. The first-order chi connectivity index (χ1) is 7.78. The number of aliphatic carboxylic acids is 1. The number of pyridine rings is 1. The van der Waals surface area contributed by atoms with Gasteiger partial charge >= 0.3 is 11.7 Å². The van der Waals surface area contributed by atoms with Gasteiger partial charge in [-0.15, -0.1) is 0 Å². The van der Waals surface area contributed by atoms with E-state index in [1.807, 2.05) is 0 Å². The van der Waals surface area contributed by atoms with E-state index in [0.29, 0.717) is 0 Å². The second-order valence-corrected chi connectivity index (χ2v) is 4.03. The van der Waals surface area contributed by atoms with E-state index in [-0.39, 0.29) is 11.5 Å². The van der Waals surface area contributed by atoms with Gasteiger partial charge in [0.05, 0.1) is 4.92 Å². The second-order valence-electron chi connectivity index (χ2n) is 4.03. The van der Waals surface area contributed by atoms with E-state index in [1.54, 1.807) is 0 Å². The molecule has 17 heavy (non-hydrogen) atoms. The summed E-state index contributed by atoms with van der Waals surface area (Å²) in [6.07, 6.45) is 1.39. The van der Waals surface area contributed by atoms with Crippen LogP contribution in [0.3, 0.4) is 0 Å². The summed E-state index contributed by atoms with van der Waals surface area (Å²) >= 11 is 0. The summed E-state index contributed by atoms with van der Waals surface area (Å²) in [4.78, 5) is 26.4. The Morgan fingerprint density at radius 3 is 2.65 bits per heavy atom. The first-order valence-electron chi connectivity index (χ1n) is 4.85. The van der Waals surface area contributed by atoms with Crippen LogP contribution in [0.1, 0.15) is 13.8 Å². The SMILES string of the molecule is CN(c1ncccc1[N+](=O)[O-])C(C)(C)C(=O)O. The quantitative estimate of drug-likeness (QED) is 0.628. The van der Waals surface area contributed by atoms with Crippen LogP contribution in [0.15, 0.2) is 18.3 Å². The van der Waals surface area contributed by atoms with Crippen LogP contribution in [0.5, 0.6) is 0 Å². The third-order valence-corrected chi connectivity index (χ3v) is 2.64. The van der Waals surface area contributed by atoms with Gasteiger partial charge in [0, 0.05) is 19.3 Å². The van der Waals surface area contributed by atoms with Crippen molar-refractivity contribution in [3.05, 3.63) is 28.4 Å². The molecule has 7 heteroatoms. The molecule has 0 aliphatic carbocycles. The van der Waals surface area contributed by atoms with Crippen molar-refractivity contribution in [3.8, 4) is 0 Å². The molecule has 0 unspecified atom stereocenters. The molecule has 1 N–H and O–H groups in total. The number of hydrogen-bond donors (Lipinski definition) is 1. The first-order valence-corrected chi connectivity index (χ1v) is 4.85. The van der Waals surface area contributed by atoms with Crippen LogP contribution >= 0.6 is 0 Å². The van der Waals surface area contributed by atoms with E-state index in [9.17, 15) is 14.9 Å². The van der Waals surface area contributed by atoms with Crippen molar-refractivity contribution >= 4 is 17.5 Å². The zero-order valence-corrected chi connectivity index (χ0v) is 9.75. The highest BCUT2D eigenvalue weighted by Gasteiger charge is 2.36. The highest BCUT2D eigenvalue weighted by atomic mass is 16.6. The predicted octanol–water partition coefficient (Wildman–Crippen LogP) is 1.29. The van der Waals surface area contributed by atoms with Gasteiger partial charge in [-0.05, 0) is 19.9 Å². The normalized spacial score (nSPS) is 11.0. The molecule has 0 saturated carbocycles. The average Bonchev–Trinajstić information content (AvgIpc) is 2.27. The fourth-order valence-corrected chi connectivity index (χ4v) is 1.20. The first kappa shape index (κ1) is 12.9. The summed E-state index contributed by atoms with van der Waals surface area (Å²) in [6, 6.07) is 2.72. The molecule has 0 aliphatic rings. The van der Waals surface area contributed by atoms with E-state index in [2.05, 4.69) is 4.98 Å². The summed E-state index contributed by atoms with van der Waals surface area (Å²) in [7, 11) is 1.46. The largest absolute Gasteiger partial charge is 0.480 e. The Bertz CT molecular complexity index is 459. The maximum absolute atomic E-state index is 11.1. The van der Waals surface area contributed by atoms with Crippen molar-refractivity contribution in [2.45, 2.75) is 19.4 Å². The van der Waals surface area contributed by atoms with Crippen molar-refractivity contribution in [2.75, 3.05) is 11.9 Å². The minimum Gasteiger partial charge on any atom is -0.480 e. The Morgan fingerprint density at radius 2 is 2.18 bits per heavy atom. The van der Waals surface area contributed by atoms with Gasteiger partial charge in [0.15, 0.2) is 0 Å². The molecule has 92 valence electrons. The lowest BCUT2D eigenvalue weighted by molar-refractivity contribution is -0.384. The zero-order valence-electron chi connectivity index (χ0n) is 9.75. The lowest BCUT2D eigenvalue weighted by Crippen LogP contribution is -2.48. The van der Waals surface area contributed by atoms with Gasteiger partial charge in [0.2, 0.25) is 5.82 Å². The number of anilines is 1. The molecule has 1 heterocycles. The Labute approximate surface area is 97.8 Å². The van der Waals surface area contributed by atoms with Crippen LogP contribution in [0.4, 0.5) is 11.5 Å². The molecule has 7 nitrogen and oxygen atoms in total. The van der Waals surface area contributed by atoms with Crippen molar-refractivity contribution in [3.63, 3.8) is 0 Å². The molecule has 0 bridgehead atoms. The molecule has 0 spiro atoms. The number of aromatic nitrogens is 1. The summed E-state index contributed by atoms with van der Waals surface area (Å²) in [5.41, 5.74) is -1.50. The van der Waals surface area contributed by atoms with E-state index >= 15 is 0 Å². The van der Waals surface area contributed by atoms with Crippen molar-refractivity contribution in [2.24, 2.45) is 0 Å². The van der Waals surface area contributed by atoms with Crippen molar-refractivity contribution < 1.29 is 14.8 Å². The predicted molar refractivity (Wildman–Crippen MR) is 61.0 cm³/mol. The molecule has 1 rings (SSSR count). The molecule has 1 aromatic heterocycles. The summed E-state index contributed by atoms with van der Waals surface area (Å²) < 4.78 is 0. The van der Waals surface area contributed by atoms with Crippen molar-refractivity contribution in [1.29, 1.82) is 0 Å². The van der Waals surface area contributed by atoms with Crippen LogP contribution in [0.2, 0.25) is 0 Å². The van der Waals surface area contributed by atoms with Gasteiger partial charge in [-0.25, -0.2) is 9.78 Å². The van der Waals surface area contributed by atoms with Gasteiger partial charge in [0.25, 0.3) is 0 Å². The fourth-order valence-electron chi connectivity index (χ4n) is 1.20. The molecule has 0 aliphatic heterocycles. The molecule has 0 saturated heterocycles. The van der Waals surface area contributed by atoms with Crippen LogP contribution in [-0.2, 0) is 4.79 Å². The molecular formula is C10H13N3O4. The number of carboxylic acid groups (broad SMARTS) is 1. The van der Waals surface area contributed by atoms with E-state index in [4.69, 9.17) is 5.11 Å². The molecule has 1 aromatic rings. The van der Waals surface area contributed by atoms with E-state index < -0.39 is 16.4 Å². The minimum absolute atomic E-state index is 0.0323. The van der Waals surface area contributed by atoms with Gasteiger partial charge in [-0.3, -0.25) is 10.1 Å². The number of nitro groups is 1. The van der Waals surface area contributed by atoms with Gasteiger partial charge < -0.3 is 10.0 Å². The van der Waals surface area contributed by atoms with Crippen LogP contribution in [0.25, 0.3) is 0 Å². The highest BCUT2D eigenvalue weighted by Crippen LogP contribution is 2.28. The molecule has 0 amide bonds. The Balaban J connectivity index is 3.26. The topological polar surface area (TPSA) is 96.6 Å². The second kappa shape index (κ2) is 4.36. The minimum atomic E-state index is -1.28. The standard InChI is InChI=1S/C10H13N3O4/c1-10(2,9(14)15)12(3)8-7(13(16)17)5-4-6-11-8/h4-6H,1-3H3,(H,14,15). The lowest BCUT2D eigenvalue weighted by Gasteiger charge is -2.31. The molecular weight excluding hydrogens is 226 g/mol. The monoisotopic (exact) mass is 239 g/mol. The number of rotatable bonds is 4. The Kier molecular flexibility index (Phi) is 3.31. The summed E-state index contributed by atoms with van der Waals surface area (Å²) in [5, 5.41) is 19.9. The smallest absolute Gasteiger partial charge is 0.328 e. The Morgan fingerprint density at radius 1 is 1.59 bits per heavy atom. The van der Waals surface area contributed by atoms with Crippen molar-refractivity contribution in [1.82, 2.24) is 4.98 Å². The van der Waals surface area contributed by atoms with Gasteiger partial charge in [-0.2, -0.15) is 0 Å². The average molecular weight is 239 g/mol.